The zero-order valence-electron chi connectivity index (χ0n) is 9.14. The van der Waals surface area contributed by atoms with Gasteiger partial charge in [0.1, 0.15) is 17.4 Å². The van der Waals surface area contributed by atoms with Gasteiger partial charge in [-0.1, -0.05) is 11.6 Å². The van der Waals surface area contributed by atoms with Crippen molar-refractivity contribution in [2.45, 2.75) is 0 Å². The number of ether oxygens (including phenoxy) is 1. The van der Waals surface area contributed by atoms with Crippen molar-refractivity contribution in [2.75, 3.05) is 27.2 Å². The standard InChI is InChI=1S/C10H13ClN2O3/c1-12(2)5-6-16-8-3-4-10(13(14)15)9(11)7-8/h3-4,7H,5-6H2,1-2H3. The minimum Gasteiger partial charge on any atom is -0.492 e. The molecular weight excluding hydrogens is 232 g/mol. The SMILES string of the molecule is CN(C)CCOc1ccc([N+](=O)[O-])c(Cl)c1. The van der Waals surface area contributed by atoms with Crippen LogP contribution in [-0.4, -0.2) is 37.1 Å². The third-order valence-electron chi connectivity index (χ3n) is 1.92. The van der Waals surface area contributed by atoms with Crippen LogP contribution in [-0.2, 0) is 0 Å². The largest absolute Gasteiger partial charge is 0.492 e. The molecule has 1 aromatic carbocycles. The first kappa shape index (κ1) is 12.7. The zero-order chi connectivity index (χ0) is 12.1. The van der Waals surface area contributed by atoms with E-state index in [9.17, 15) is 10.1 Å². The number of nitro benzene ring substituents is 1. The predicted molar refractivity (Wildman–Crippen MR) is 62.2 cm³/mol. The molecule has 6 heteroatoms. The highest BCUT2D eigenvalue weighted by Crippen LogP contribution is 2.28. The summed E-state index contributed by atoms with van der Waals surface area (Å²) in [6.07, 6.45) is 0. The van der Waals surface area contributed by atoms with Crippen LogP contribution < -0.4 is 4.74 Å². The van der Waals surface area contributed by atoms with Crippen LogP contribution in [0.25, 0.3) is 0 Å². The third-order valence-corrected chi connectivity index (χ3v) is 2.23. The lowest BCUT2D eigenvalue weighted by Gasteiger charge is -2.10. The van der Waals surface area contributed by atoms with Crippen molar-refractivity contribution in [3.05, 3.63) is 33.3 Å². The lowest BCUT2D eigenvalue weighted by Crippen LogP contribution is -2.19. The van der Waals surface area contributed by atoms with Gasteiger partial charge in [-0.2, -0.15) is 0 Å². The van der Waals surface area contributed by atoms with Crippen molar-refractivity contribution in [1.82, 2.24) is 4.90 Å². The lowest BCUT2D eigenvalue weighted by atomic mass is 10.3. The molecule has 0 spiro atoms. The molecule has 1 rings (SSSR count). The van der Waals surface area contributed by atoms with E-state index in [-0.39, 0.29) is 10.7 Å². The molecule has 0 saturated heterocycles. The fraction of sp³-hybridized carbons (Fsp3) is 0.400. The van der Waals surface area contributed by atoms with Crippen LogP contribution in [0.4, 0.5) is 5.69 Å². The van der Waals surface area contributed by atoms with Gasteiger partial charge in [-0.25, -0.2) is 0 Å². The van der Waals surface area contributed by atoms with Gasteiger partial charge in [0, 0.05) is 18.7 Å². The monoisotopic (exact) mass is 244 g/mol. The molecule has 0 saturated carbocycles. The minimum absolute atomic E-state index is 0.0901. The molecule has 0 bridgehead atoms. The van der Waals surface area contributed by atoms with Crippen LogP contribution in [0.5, 0.6) is 5.75 Å². The van der Waals surface area contributed by atoms with Crippen LogP contribution in [0.3, 0.4) is 0 Å². The number of hydrogen-bond acceptors (Lipinski definition) is 4. The van der Waals surface area contributed by atoms with Crippen LogP contribution >= 0.6 is 11.6 Å². The molecule has 0 unspecified atom stereocenters. The fourth-order valence-electron chi connectivity index (χ4n) is 1.07. The van der Waals surface area contributed by atoms with Gasteiger partial charge in [0.15, 0.2) is 0 Å². The number of hydrogen-bond donors (Lipinski definition) is 0. The van der Waals surface area contributed by atoms with Gasteiger partial charge in [0.25, 0.3) is 5.69 Å². The molecule has 1 aromatic rings. The summed E-state index contributed by atoms with van der Waals surface area (Å²) < 4.78 is 5.38. The molecular formula is C10H13ClN2O3. The normalized spacial score (nSPS) is 10.5. The minimum atomic E-state index is -0.522. The molecule has 0 aromatic heterocycles. The molecule has 16 heavy (non-hydrogen) atoms. The highest BCUT2D eigenvalue weighted by molar-refractivity contribution is 6.32. The fourth-order valence-corrected chi connectivity index (χ4v) is 1.31. The quantitative estimate of drug-likeness (QED) is 0.589. The molecule has 5 nitrogen and oxygen atoms in total. The third kappa shape index (κ3) is 3.67. The Hall–Kier alpha value is -1.33. The molecule has 0 atom stereocenters. The first-order valence-corrected chi connectivity index (χ1v) is 5.10. The smallest absolute Gasteiger partial charge is 0.288 e. The van der Waals surface area contributed by atoms with Gasteiger partial charge in [-0.15, -0.1) is 0 Å². The highest BCUT2D eigenvalue weighted by Gasteiger charge is 2.12. The van der Waals surface area contributed by atoms with Crippen LogP contribution in [0.1, 0.15) is 0 Å². The summed E-state index contributed by atoms with van der Waals surface area (Å²) in [5.74, 6) is 0.539. The summed E-state index contributed by atoms with van der Waals surface area (Å²) in [4.78, 5) is 12.0. The number of nitrogens with zero attached hydrogens (tertiary/aromatic N) is 2. The Balaban J connectivity index is 2.63. The molecule has 0 fully saturated rings. The van der Waals surface area contributed by atoms with Crippen LogP contribution in [0, 0.1) is 10.1 Å². The van der Waals surface area contributed by atoms with E-state index in [4.69, 9.17) is 16.3 Å². The summed E-state index contributed by atoms with van der Waals surface area (Å²) in [6, 6.07) is 4.34. The second-order valence-corrected chi connectivity index (χ2v) is 3.93. The van der Waals surface area contributed by atoms with Crippen molar-refractivity contribution in [3.63, 3.8) is 0 Å². The average Bonchev–Trinajstić information content (AvgIpc) is 2.16. The van der Waals surface area contributed by atoms with E-state index in [2.05, 4.69) is 0 Å². The van der Waals surface area contributed by atoms with Gasteiger partial charge < -0.3 is 9.64 Å². The summed E-state index contributed by atoms with van der Waals surface area (Å²) in [5.41, 5.74) is -0.110. The molecule has 0 aliphatic carbocycles. The first-order valence-electron chi connectivity index (χ1n) is 4.72. The maximum absolute atomic E-state index is 10.5. The van der Waals surface area contributed by atoms with E-state index in [0.717, 1.165) is 6.54 Å². The van der Waals surface area contributed by atoms with E-state index in [0.29, 0.717) is 12.4 Å². The maximum Gasteiger partial charge on any atom is 0.288 e. The van der Waals surface area contributed by atoms with Gasteiger partial charge in [-0.3, -0.25) is 10.1 Å². The Morgan fingerprint density at radius 1 is 1.50 bits per heavy atom. The second kappa shape index (κ2) is 5.67. The van der Waals surface area contributed by atoms with Crippen molar-refractivity contribution in [2.24, 2.45) is 0 Å². The summed E-state index contributed by atoms with van der Waals surface area (Å²) in [6.45, 7) is 1.29. The zero-order valence-corrected chi connectivity index (χ0v) is 9.90. The Morgan fingerprint density at radius 3 is 2.69 bits per heavy atom. The Morgan fingerprint density at radius 2 is 2.19 bits per heavy atom. The predicted octanol–water partition coefficient (Wildman–Crippen LogP) is 2.19. The second-order valence-electron chi connectivity index (χ2n) is 3.52. The average molecular weight is 245 g/mol. The van der Waals surface area contributed by atoms with Gasteiger partial charge in [-0.05, 0) is 20.2 Å². The van der Waals surface area contributed by atoms with E-state index < -0.39 is 4.92 Å². The number of halogens is 1. The molecule has 0 N–H and O–H groups in total. The van der Waals surface area contributed by atoms with Gasteiger partial charge >= 0.3 is 0 Å². The van der Waals surface area contributed by atoms with E-state index in [1.165, 1.54) is 12.1 Å². The Kier molecular flexibility index (Phi) is 4.52. The Bertz CT molecular complexity index is 382. The van der Waals surface area contributed by atoms with Crippen molar-refractivity contribution < 1.29 is 9.66 Å². The van der Waals surface area contributed by atoms with E-state index >= 15 is 0 Å². The highest BCUT2D eigenvalue weighted by atomic mass is 35.5. The number of benzene rings is 1. The maximum atomic E-state index is 10.5. The van der Waals surface area contributed by atoms with Crippen molar-refractivity contribution >= 4 is 17.3 Å². The van der Waals surface area contributed by atoms with Crippen molar-refractivity contribution in [1.29, 1.82) is 0 Å². The Labute approximate surface area is 98.7 Å². The van der Waals surface area contributed by atoms with Crippen LogP contribution in [0.2, 0.25) is 5.02 Å². The number of rotatable bonds is 5. The van der Waals surface area contributed by atoms with E-state index in [1.807, 2.05) is 19.0 Å². The molecule has 0 heterocycles. The van der Waals surface area contributed by atoms with Gasteiger partial charge in [0.2, 0.25) is 0 Å². The first-order chi connectivity index (χ1) is 7.50. The summed E-state index contributed by atoms with van der Waals surface area (Å²) in [5, 5.41) is 10.6. The molecule has 0 amide bonds. The molecule has 0 radical (unpaired) electrons. The number of likely N-dealkylation sites (N-methyl/N-ethyl adjacent to an activating group) is 1. The molecule has 0 aliphatic heterocycles. The number of nitro groups is 1. The van der Waals surface area contributed by atoms with Crippen LogP contribution in [0.15, 0.2) is 18.2 Å². The van der Waals surface area contributed by atoms with Gasteiger partial charge in [0.05, 0.1) is 4.92 Å². The summed E-state index contributed by atoms with van der Waals surface area (Å²) >= 11 is 5.73. The molecule has 88 valence electrons. The van der Waals surface area contributed by atoms with E-state index in [1.54, 1.807) is 6.07 Å². The topological polar surface area (TPSA) is 55.6 Å². The summed E-state index contributed by atoms with van der Waals surface area (Å²) in [7, 11) is 3.87. The lowest BCUT2D eigenvalue weighted by molar-refractivity contribution is -0.384. The van der Waals surface area contributed by atoms with Crippen molar-refractivity contribution in [3.8, 4) is 5.75 Å². The molecule has 0 aliphatic rings.